The first kappa shape index (κ1) is 10.5. The van der Waals surface area contributed by atoms with E-state index in [2.05, 4.69) is 11.2 Å². The van der Waals surface area contributed by atoms with E-state index in [1.54, 1.807) is 13.8 Å². The van der Waals surface area contributed by atoms with E-state index in [0.29, 0.717) is 0 Å². The highest BCUT2D eigenvalue weighted by molar-refractivity contribution is 5.51. The van der Waals surface area contributed by atoms with Crippen LogP contribution >= 0.6 is 0 Å². The molecule has 0 aliphatic carbocycles. The first-order valence-corrected chi connectivity index (χ1v) is 4.26. The van der Waals surface area contributed by atoms with Crippen molar-refractivity contribution in [3.63, 3.8) is 0 Å². The maximum atomic E-state index is 13.3. The van der Waals surface area contributed by atoms with Gasteiger partial charge < -0.3 is 5.32 Å². The molecule has 0 atom stereocenters. The molecule has 0 aliphatic rings. The van der Waals surface area contributed by atoms with Gasteiger partial charge in [-0.25, -0.2) is 8.78 Å². The summed E-state index contributed by atoms with van der Waals surface area (Å²) in [5, 5.41) is 2.67. The number of rotatable bonds is 2. The fraction of sp³-hybridized carbons (Fsp3) is 0.273. The summed E-state index contributed by atoms with van der Waals surface area (Å²) in [4.78, 5) is 0. The highest BCUT2D eigenvalue weighted by atomic mass is 19.1. The Labute approximate surface area is 82.1 Å². The van der Waals surface area contributed by atoms with E-state index >= 15 is 0 Å². The van der Waals surface area contributed by atoms with Crippen molar-refractivity contribution in [1.82, 2.24) is 0 Å². The van der Waals surface area contributed by atoms with Gasteiger partial charge in [0.2, 0.25) is 0 Å². The fourth-order valence-electron chi connectivity index (χ4n) is 1.08. The molecule has 74 valence electrons. The van der Waals surface area contributed by atoms with E-state index in [9.17, 15) is 8.78 Å². The molecule has 1 aromatic rings. The van der Waals surface area contributed by atoms with Crippen LogP contribution in [0.3, 0.4) is 0 Å². The van der Waals surface area contributed by atoms with Gasteiger partial charge in [0, 0.05) is 11.6 Å². The molecule has 0 heterocycles. The van der Waals surface area contributed by atoms with Crippen molar-refractivity contribution < 1.29 is 8.78 Å². The molecule has 3 heteroatoms. The SMILES string of the molecule is C#Cc1cc(F)c(NC(C)C)c(F)c1. The molecule has 1 aromatic carbocycles. The highest BCUT2D eigenvalue weighted by Crippen LogP contribution is 2.21. The Morgan fingerprint density at radius 1 is 1.29 bits per heavy atom. The van der Waals surface area contributed by atoms with Gasteiger partial charge in [-0.05, 0) is 26.0 Å². The molecule has 1 rings (SSSR count). The second kappa shape index (κ2) is 4.10. The van der Waals surface area contributed by atoms with Gasteiger partial charge in [-0.3, -0.25) is 0 Å². The average molecular weight is 195 g/mol. The van der Waals surface area contributed by atoms with Crippen LogP contribution in [-0.2, 0) is 0 Å². The topological polar surface area (TPSA) is 12.0 Å². The van der Waals surface area contributed by atoms with E-state index in [4.69, 9.17) is 6.42 Å². The predicted molar refractivity (Wildman–Crippen MR) is 53.1 cm³/mol. The van der Waals surface area contributed by atoms with E-state index in [1.165, 1.54) is 0 Å². The van der Waals surface area contributed by atoms with E-state index < -0.39 is 11.6 Å². The monoisotopic (exact) mass is 195 g/mol. The Morgan fingerprint density at radius 3 is 2.14 bits per heavy atom. The minimum atomic E-state index is -0.661. The zero-order valence-corrected chi connectivity index (χ0v) is 8.07. The van der Waals surface area contributed by atoms with Gasteiger partial charge in [0.25, 0.3) is 0 Å². The van der Waals surface area contributed by atoms with Crippen LogP contribution in [-0.4, -0.2) is 6.04 Å². The lowest BCUT2D eigenvalue weighted by atomic mass is 10.2. The standard InChI is InChI=1S/C11H11F2N/c1-4-8-5-9(12)11(10(13)6-8)14-7(2)3/h1,5-7,14H,2-3H3. The summed E-state index contributed by atoms with van der Waals surface area (Å²) in [5.41, 5.74) is 0.0771. The maximum Gasteiger partial charge on any atom is 0.150 e. The molecule has 0 amide bonds. The molecule has 0 aliphatic heterocycles. The molecule has 0 aromatic heterocycles. The number of terminal acetylenes is 1. The fourth-order valence-corrected chi connectivity index (χ4v) is 1.08. The van der Waals surface area contributed by atoms with Crippen LogP contribution in [0.2, 0.25) is 0 Å². The zero-order chi connectivity index (χ0) is 10.7. The summed E-state index contributed by atoms with van der Waals surface area (Å²) < 4.78 is 26.5. The highest BCUT2D eigenvalue weighted by Gasteiger charge is 2.10. The van der Waals surface area contributed by atoms with Crippen molar-refractivity contribution >= 4 is 5.69 Å². The van der Waals surface area contributed by atoms with Gasteiger partial charge in [-0.15, -0.1) is 6.42 Å². The number of hydrogen-bond donors (Lipinski definition) is 1. The molecule has 0 saturated heterocycles. The van der Waals surface area contributed by atoms with Crippen LogP contribution in [0.15, 0.2) is 12.1 Å². The summed E-state index contributed by atoms with van der Waals surface area (Å²) in [6.07, 6.45) is 5.04. The van der Waals surface area contributed by atoms with Gasteiger partial charge in [0.15, 0.2) is 11.6 Å². The summed E-state index contributed by atoms with van der Waals surface area (Å²) in [5.74, 6) is 0.860. The Hall–Kier alpha value is -1.56. The van der Waals surface area contributed by atoms with Crippen LogP contribution in [0.1, 0.15) is 19.4 Å². The van der Waals surface area contributed by atoms with Crippen LogP contribution < -0.4 is 5.32 Å². The van der Waals surface area contributed by atoms with Crippen molar-refractivity contribution in [2.24, 2.45) is 0 Å². The number of benzene rings is 1. The van der Waals surface area contributed by atoms with Gasteiger partial charge in [0.05, 0.1) is 0 Å². The van der Waals surface area contributed by atoms with Crippen LogP contribution in [0.25, 0.3) is 0 Å². The minimum Gasteiger partial charge on any atom is -0.378 e. The zero-order valence-electron chi connectivity index (χ0n) is 8.07. The third-order valence-corrected chi connectivity index (χ3v) is 1.64. The molecule has 0 radical (unpaired) electrons. The number of anilines is 1. The molecular formula is C11H11F2N. The molecule has 1 N–H and O–H groups in total. The van der Waals surface area contributed by atoms with Crippen molar-refractivity contribution in [3.05, 3.63) is 29.3 Å². The Bertz CT molecular complexity index is 354. The molecule has 0 fully saturated rings. The summed E-state index contributed by atoms with van der Waals surface area (Å²) in [6.45, 7) is 3.60. The number of halogens is 2. The van der Waals surface area contributed by atoms with E-state index in [-0.39, 0.29) is 17.3 Å². The third-order valence-electron chi connectivity index (χ3n) is 1.64. The third kappa shape index (κ3) is 2.23. The molecule has 0 unspecified atom stereocenters. The van der Waals surface area contributed by atoms with Gasteiger partial charge in [-0.2, -0.15) is 0 Å². The van der Waals surface area contributed by atoms with E-state index in [1.807, 2.05) is 0 Å². The van der Waals surface area contributed by atoms with Gasteiger partial charge in [0.1, 0.15) is 5.69 Å². The molecule has 0 spiro atoms. The normalized spacial score (nSPS) is 10.0. The minimum absolute atomic E-state index is 0.0318. The lowest BCUT2D eigenvalue weighted by Gasteiger charge is -2.11. The lowest BCUT2D eigenvalue weighted by molar-refractivity contribution is 0.584. The van der Waals surface area contributed by atoms with Gasteiger partial charge in [-0.1, -0.05) is 5.92 Å². The Kier molecular flexibility index (Phi) is 3.08. The Morgan fingerprint density at radius 2 is 1.79 bits per heavy atom. The lowest BCUT2D eigenvalue weighted by Crippen LogP contribution is -2.12. The summed E-state index contributed by atoms with van der Waals surface area (Å²) in [6, 6.07) is 2.23. The second-order valence-electron chi connectivity index (χ2n) is 3.26. The van der Waals surface area contributed by atoms with Crippen molar-refractivity contribution in [1.29, 1.82) is 0 Å². The van der Waals surface area contributed by atoms with Crippen molar-refractivity contribution in [2.75, 3.05) is 5.32 Å². The van der Waals surface area contributed by atoms with Gasteiger partial charge >= 0.3 is 0 Å². The predicted octanol–water partition coefficient (Wildman–Crippen LogP) is 2.77. The molecular weight excluding hydrogens is 184 g/mol. The largest absolute Gasteiger partial charge is 0.378 e. The Balaban J connectivity index is 3.13. The number of hydrogen-bond acceptors (Lipinski definition) is 1. The van der Waals surface area contributed by atoms with Crippen molar-refractivity contribution in [3.8, 4) is 12.3 Å². The van der Waals surface area contributed by atoms with Crippen LogP contribution in [0.4, 0.5) is 14.5 Å². The van der Waals surface area contributed by atoms with Crippen LogP contribution in [0, 0.1) is 24.0 Å². The first-order chi connectivity index (χ1) is 6.54. The second-order valence-corrected chi connectivity index (χ2v) is 3.26. The average Bonchev–Trinajstić information content (AvgIpc) is 2.10. The quantitative estimate of drug-likeness (QED) is 0.715. The molecule has 14 heavy (non-hydrogen) atoms. The number of nitrogens with one attached hydrogen (secondary N) is 1. The maximum absolute atomic E-state index is 13.3. The molecule has 0 bridgehead atoms. The summed E-state index contributed by atoms with van der Waals surface area (Å²) >= 11 is 0. The van der Waals surface area contributed by atoms with Crippen molar-refractivity contribution in [2.45, 2.75) is 19.9 Å². The van der Waals surface area contributed by atoms with Crippen LogP contribution in [0.5, 0.6) is 0 Å². The molecule has 0 saturated carbocycles. The summed E-state index contributed by atoms with van der Waals surface area (Å²) in [7, 11) is 0. The molecule has 1 nitrogen and oxygen atoms in total. The van der Waals surface area contributed by atoms with E-state index in [0.717, 1.165) is 12.1 Å². The first-order valence-electron chi connectivity index (χ1n) is 4.26. The smallest absolute Gasteiger partial charge is 0.150 e.